The summed E-state index contributed by atoms with van der Waals surface area (Å²) in [5.41, 5.74) is 2.63. The van der Waals surface area contributed by atoms with Crippen LogP contribution in [-0.2, 0) is 19.4 Å². The smallest absolute Gasteiger partial charge is 0.287 e. The van der Waals surface area contributed by atoms with Gasteiger partial charge in [-0.05, 0) is 53.8 Å². The summed E-state index contributed by atoms with van der Waals surface area (Å²) in [7, 11) is 0. The molecule has 0 aliphatic rings. The van der Waals surface area contributed by atoms with E-state index in [1.807, 2.05) is 12.1 Å². The van der Waals surface area contributed by atoms with Gasteiger partial charge in [-0.1, -0.05) is 31.2 Å². The summed E-state index contributed by atoms with van der Waals surface area (Å²) < 4.78 is 32.3. The largest absolute Gasteiger partial charge is 0.459 e. The number of halogens is 2. The highest BCUT2D eigenvalue weighted by atomic mass is 19.1. The predicted octanol–water partition coefficient (Wildman–Crippen LogP) is 3.61. The predicted molar refractivity (Wildman–Crippen MR) is 114 cm³/mol. The Morgan fingerprint density at radius 3 is 2.45 bits per heavy atom. The number of amides is 1. The summed E-state index contributed by atoms with van der Waals surface area (Å²) in [6, 6.07) is 13.6. The SMILES string of the molecule is CCc1cccc(CNCC(O)C(Cc2cc(F)cc(F)c2)NC(=O)c2ccco2)c1. The van der Waals surface area contributed by atoms with Crippen molar-refractivity contribution in [2.75, 3.05) is 6.54 Å². The Hall–Kier alpha value is -3.03. The number of rotatable bonds is 10. The van der Waals surface area contributed by atoms with Crippen LogP contribution in [0.5, 0.6) is 0 Å². The van der Waals surface area contributed by atoms with E-state index in [1.54, 1.807) is 6.07 Å². The summed E-state index contributed by atoms with van der Waals surface area (Å²) in [5, 5.41) is 16.6. The number of aliphatic hydroxyl groups is 1. The van der Waals surface area contributed by atoms with Gasteiger partial charge in [0.1, 0.15) is 11.6 Å². The van der Waals surface area contributed by atoms with E-state index in [1.165, 1.54) is 30.0 Å². The minimum absolute atomic E-state index is 0.0509. The van der Waals surface area contributed by atoms with Gasteiger partial charge in [-0.3, -0.25) is 4.79 Å². The maximum absolute atomic E-state index is 13.6. The molecule has 1 aromatic heterocycles. The minimum Gasteiger partial charge on any atom is -0.459 e. The Labute approximate surface area is 180 Å². The third-order valence-corrected chi connectivity index (χ3v) is 4.99. The fraction of sp³-hybridized carbons (Fsp3) is 0.292. The highest BCUT2D eigenvalue weighted by Crippen LogP contribution is 2.13. The number of nitrogens with one attached hydrogen (secondary N) is 2. The van der Waals surface area contributed by atoms with Crippen molar-refractivity contribution in [1.82, 2.24) is 10.6 Å². The Morgan fingerprint density at radius 2 is 1.77 bits per heavy atom. The minimum atomic E-state index is -1.00. The summed E-state index contributed by atoms with van der Waals surface area (Å²) in [6.07, 6.45) is 1.35. The molecule has 5 nitrogen and oxygen atoms in total. The fourth-order valence-electron chi connectivity index (χ4n) is 3.38. The first-order chi connectivity index (χ1) is 14.9. The molecule has 0 saturated heterocycles. The molecule has 3 rings (SSSR count). The quantitative estimate of drug-likeness (QED) is 0.461. The van der Waals surface area contributed by atoms with E-state index in [0.717, 1.165) is 18.1 Å². The number of aliphatic hydroxyl groups excluding tert-OH is 1. The molecule has 3 aromatic rings. The van der Waals surface area contributed by atoms with Crippen molar-refractivity contribution < 1.29 is 23.1 Å². The van der Waals surface area contributed by atoms with Crippen molar-refractivity contribution in [2.24, 2.45) is 0 Å². The van der Waals surface area contributed by atoms with Gasteiger partial charge in [0, 0.05) is 19.2 Å². The molecular formula is C24H26F2N2O3. The van der Waals surface area contributed by atoms with E-state index < -0.39 is 29.7 Å². The third-order valence-electron chi connectivity index (χ3n) is 4.99. The van der Waals surface area contributed by atoms with Gasteiger partial charge in [-0.15, -0.1) is 0 Å². The van der Waals surface area contributed by atoms with E-state index in [2.05, 4.69) is 29.7 Å². The van der Waals surface area contributed by atoms with Crippen LogP contribution in [0.15, 0.2) is 65.3 Å². The molecule has 0 spiro atoms. The van der Waals surface area contributed by atoms with Crippen LogP contribution < -0.4 is 10.6 Å². The van der Waals surface area contributed by atoms with Crippen LogP contribution in [0, 0.1) is 11.6 Å². The van der Waals surface area contributed by atoms with E-state index >= 15 is 0 Å². The molecule has 0 aliphatic heterocycles. The first kappa shape index (κ1) is 22.7. The molecule has 7 heteroatoms. The first-order valence-corrected chi connectivity index (χ1v) is 10.2. The average molecular weight is 428 g/mol. The first-order valence-electron chi connectivity index (χ1n) is 10.2. The Kier molecular flexibility index (Phi) is 7.92. The van der Waals surface area contributed by atoms with Crippen molar-refractivity contribution in [2.45, 2.75) is 38.5 Å². The van der Waals surface area contributed by atoms with Crippen LogP contribution in [0.2, 0.25) is 0 Å². The van der Waals surface area contributed by atoms with Crippen molar-refractivity contribution in [3.63, 3.8) is 0 Å². The van der Waals surface area contributed by atoms with Crippen molar-refractivity contribution in [3.8, 4) is 0 Å². The number of aryl methyl sites for hydroxylation is 1. The van der Waals surface area contributed by atoms with Crippen LogP contribution in [0.3, 0.4) is 0 Å². The van der Waals surface area contributed by atoms with Gasteiger partial charge in [0.2, 0.25) is 0 Å². The molecule has 0 aliphatic carbocycles. The summed E-state index contributed by atoms with van der Waals surface area (Å²) in [6.45, 7) is 2.80. The zero-order chi connectivity index (χ0) is 22.2. The molecule has 2 atom stereocenters. The van der Waals surface area contributed by atoms with Gasteiger partial charge < -0.3 is 20.2 Å². The van der Waals surface area contributed by atoms with Crippen LogP contribution in [0.25, 0.3) is 0 Å². The van der Waals surface area contributed by atoms with Gasteiger partial charge in [0.25, 0.3) is 5.91 Å². The maximum Gasteiger partial charge on any atom is 0.287 e. The van der Waals surface area contributed by atoms with Crippen LogP contribution in [0.1, 0.15) is 34.2 Å². The molecular weight excluding hydrogens is 402 g/mol. The molecule has 2 unspecified atom stereocenters. The van der Waals surface area contributed by atoms with Crippen LogP contribution in [-0.4, -0.2) is 29.7 Å². The monoisotopic (exact) mass is 428 g/mol. The molecule has 31 heavy (non-hydrogen) atoms. The highest BCUT2D eigenvalue weighted by molar-refractivity contribution is 5.91. The van der Waals surface area contributed by atoms with Crippen molar-refractivity contribution >= 4 is 5.91 Å². The summed E-state index contributed by atoms with van der Waals surface area (Å²) in [5.74, 6) is -1.85. The lowest BCUT2D eigenvalue weighted by Gasteiger charge is -2.24. The lowest BCUT2D eigenvalue weighted by atomic mass is 10.0. The number of benzene rings is 2. The number of carbonyl (C=O) groups excluding carboxylic acids is 1. The Balaban J connectivity index is 1.67. The molecule has 164 valence electrons. The zero-order valence-electron chi connectivity index (χ0n) is 17.3. The molecule has 1 heterocycles. The summed E-state index contributed by atoms with van der Waals surface area (Å²) >= 11 is 0. The van der Waals surface area contributed by atoms with E-state index in [0.29, 0.717) is 12.1 Å². The normalized spacial score (nSPS) is 13.0. The van der Waals surface area contributed by atoms with Crippen LogP contribution in [0.4, 0.5) is 8.78 Å². The van der Waals surface area contributed by atoms with Crippen molar-refractivity contribution in [3.05, 3.63) is 94.9 Å². The summed E-state index contributed by atoms with van der Waals surface area (Å²) in [4.78, 5) is 12.4. The van der Waals surface area contributed by atoms with Gasteiger partial charge in [-0.25, -0.2) is 8.78 Å². The second-order valence-electron chi connectivity index (χ2n) is 7.41. The molecule has 0 saturated carbocycles. The maximum atomic E-state index is 13.6. The fourth-order valence-corrected chi connectivity index (χ4v) is 3.38. The highest BCUT2D eigenvalue weighted by Gasteiger charge is 2.24. The standard InChI is InChI=1S/C24H26F2N2O3/c1-2-16-5-3-6-17(9-16)14-27-15-22(29)21(28-24(30)23-7-4-8-31-23)12-18-10-19(25)13-20(26)11-18/h3-11,13,21-22,27,29H,2,12,14-15H2,1H3,(H,28,30). The van der Waals surface area contributed by atoms with E-state index in [-0.39, 0.29) is 18.7 Å². The molecule has 2 aromatic carbocycles. The number of hydrogen-bond donors (Lipinski definition) is 3. The second-order valence-corrected chi connectivity index (χ2v) is 7.41. The number of carbonyl (C=O) groups is 1. The third kappa shape index (κ3) is 6.73. The molecule has 0 radical (unpaired) electrons. The molecule has 0 fully saturated rings. The van der Waals surface area contributed by atoms with Gasteiger partial charge in [-0.2, -0.15) is 0 Å². The Morgan fingerprint density at radius 1 is 1.03 bits per heavy atom. The van der Waals surface area contributed by atoms with Gasteiger partial charge >= 0.3 is 0 Å². The second kappa shape index (κ2) is 10.8. The average Bonchev–Trinajstić information content (AvgIpc) is 3.28. The van der Waals surface area contributed by atoms with Gasteiger partial charge in [0.15, 0.2) is 5.76 Å². The topological polar surface area (TPSA) is 74.5 Å². The van der Waals surface area contributed by atoms with Crippen LogP contribution >= 0.6 is 0 Å². The van der Waals surface area contributed by atoms with E-state index in [9.17, 15) is 18.7 Å². The van der Waals surface area contributed by atoms with Crippen molar-refractivity contribution in [1.29, 1.82) is 0 Å². The zero-order valence-corrected chi connectivity index (χ0v) is 17.3. The lowest BCUT2D eigenvalue weighted by molar-refractivity contribution is 0.0805. The molecule has 0 bridgehead atoms. The van der Waals surface area contributed by atoms with Gasteiger partial charge in [0.05, 0.1) is 18.4 Å². The number of furan rings is 1. The lowest BCUT2D eigenvalue weighted by Crippen LogP contribution is -2.48. The van der Waals surface area contributed by atoms with E-state index in [4.69, 9.17) is 4.42 Å². The molecule has 3 N–H and O–H groups in total. The Bertz CT molecular complexity index is 972. The molecule has 1 amide bonds. The number of hydrogen-bond acceptors (Lipinski definition) is 4.